The molecule has 4 rings (SSSR count). The maximum absolute atomic E-state index is 12.6. The molecule has 0 radical (unpaired) electrons. The van der Waals surface area contributed by atoms with Gasteiger partial charge in [0.2, 0.25) is 5.91 Å². The Morgan fingerprint density at radius 1 is 1.24 bits per heavy atom. The molecule has 2 aromatic heterocycles. The largest absolute Gasteiger partial charge is 0.469 e. The van der Waals surface area contributed by atoms with Crippen LogP contribution in [0.2, 0.25) is 0 Å². The number of furan rings is 1. The topological polar surface area (TPSA) is 62.6 Å². The van der Waals surface area contributed by atoms with Gasteiger partial charge in [0, 0.05) is 30.3 Å². The molecule has 2 aromatic rings. The summed E-state index contributed by atoms with van der Waals surface area (Å²) in [5, 5.41) is 3.02. The number of carbonyl (C=O) groups excluding carboxylic acids is 2. The first kappa shape index (κ1) is 16.4. The molecule has 1 saturated heterocycles. The van der Waals surface area contributed by atoms with Crippen LogP contribution in [-0.2, 0) is 11.2 Å². The molecule has 1 unspecified atom stereocenters. The summed E-state index contributed by atoms with van der Waals surface area (Å²) in [6.45, 7) is 0.795. The molecule has 1 atom stereocenters. The molecule has 2 fully saturated rings. The molecule has 25 heavy (non-hydrogen) atoms. The van der Waals surface area contributed by atoms with Crippen LogP contribution < -0.4 is 5.32 Å². The van der Waals surface area contributed by atoms with E-state index in [4.69, 9.17) is 4.42 Å². The Kier molecular flexibility index (Phi) is 4.61. The van der Waals surface area contributed by atoms with Gasteiger partial charge in [-0.25, -0.2) is 0 Å². The third-order valence-corrected chi connectivity index (χ3v) is 6.02. The Balaban J connectivity index is 1.39. The molecule has 2 aliphatic rings. The van der Waals surface area contributed by atoms with Gasteiger partial charge in [-0.1, -0.05) is 0 Å². The number of carbonyl (C=O) groups is 2. The van der Waals surface area contributed by atoms with Crippen LogP contribution in [0.1, 0.15) is 58.5 Å². The van der Waals surface area contributed by atoms with Crippen molar-refractivity contribution in [2.24, 2.45) is 0 Å². The number of nitrogens with zero attached hydrogens (tertiary/aromatic N) is 1. The highest BCUT2D eigenvalue weighted by atomic mass is 32.1. The fraction of sp³-hybridized carbons (Fsp3) is 0.474. The van der Waals surface area contributed by atoms with E-state index in [1.807, 2.05) is 29.2 Å². The van der Waals surface area contributed by atoms with Crippen LogP contribution >= 0.6 is 11.3 Å². The first-order chi connectivity index (χ1) is 12.2. The molecule has 1 saturated carbocycles. The van der Waals surface area contributed by atoms with Gasteiger partial charge in [0.05, 0.1) is 17.2 Å². The SMILES string of the molecule is O=C(NC1CC1)c1ccc(C2CCCN2C(=O)CCc2ccco2)s1. The highest BCUT2D eigenvalue weighted by molar-refractivity contribution is 7.14. The summed E-state index contributed by atoms with van der Waals surface area (Å²) in [6.07, 6.45) is 6.89. The Bertz CT molecular complexity index is 749. The highest BCUT2D eigenvalue weighted by Gasteiger charge is 2.31. The van der Waals surface area contributed by atoms with Gasteiger partial charge in [-0.3, -0.25) is 9.59 Å². The second-order valence-corrected chi connectivity index (χ2v) is 7.89. The Morgan fingerprint density at radius 3 is 2.88 bits per heavy atom. The summed E-state index contributed by atoms with van der Waals surface area (Å²) in [5.41, 5.74) is 0. The normalized spacial score (nSPS) is 20.0. The van der Waals surface area contributed by atoms with Crippen LogP contribution in [0.4, 0.5) is 0 Å². The molecule has 132 valence electrons. The van der Waals surface area contributed by atoms with Crippen molar-refractivity contribution < 1.29 is 14.0 Å². The molecule has 2 amide bonds. The molecular weight excluding hydrogens is 336 g/mol. The average Bonchev–Trinajstić information content (AvgIpc) is 3.10. The molecule has 0 aromatic carbocycles. The van der Waals surface area contributed by atoms with Crippen LogP contribution in [0.15, 0.2) is 34.9 Å². The van der Waals surface area contributed by atoms with Gasteiger partial charge in [0.1, 0.15) is 5.76 Å². The van der Waals surface area contributed by atoms with Crippen molar-refractivity contribution in [2.45, 2.75) is 50.6 Å². The summed E-state index contributed by atoms with van der Waals surface area (Å²) in [5.74, 6) is 1.03. The van der Waals surface area contributed by atoms with Gasteiger partial charge in [0.25, 0.3) is 5.91 Å². The molecule has 0 bridgehead atoms. The van der Waals surface area contributed by atoms with Gasteiger partial charge in [-0.2, -0.15) is 0 Å². The molecule has 5 nitrogen and oxygen atoms in total. The average molecular weight is 358 g/mol. The number of amides is 2. The minimum Gasteiger partial charge on any atom is -0.469 e. The summed E-state index contributed by atoms with van der Waals surface area (Å²) in [6, 6.07) is 8.12. The van der Waals surface area contributed by atoms with Crippen LogP contribution in [0.3, 0.4) is 0 Å². The van der Waals surface area contributed by atoms with Crippen molar-refractivity contribution in [3.05, 3.63) is 46.0 Å². The standard InChI is InChI=1S/C19H22N2O3S/c22-18(10-7-14-3-2-12-24-14)21-11-1-4-15(21)16-8-9-17(25-16)19(23)20-13-5-6-13/h2-3,8-9,12-13,15H,1,4-7,10-11H2,(H,20,23). The molecule has 1 aliphatic carbocycles. The first-order valence-electron chi connectivity index (χ1n) is 8.93. The summed E-state index contributed by atoms with van der Waals surface area (Å²) in [4.78, 5) is 28.6. The van der Waals surface area contributed by atoms with Crippen LogP contribution in [0.5, 0.6) is 0 Å². The summed E-state index contributed by atoms with van der Waals surface area (Å²) in [7, 11) is 0. The Labute approximate surface area is 151 Å². The lowest BCUT2D eigenvalue weighted by atomic mass is 10.1. The van der Waals surface area contributed by atoms with Crippen LogP contribution in [-0.4, -0.2) is 29.3 Å². The number of hydrogen-bond acceptors (Lipinski definition) is 4. The second-order valence-electron chi connectivity index (χ2n) is 6.77. The van der Waals surface area contributed by atoms with E-state index in [9.17, 15) is 9.59 Å². The molecule has 1 N–H and O–H groups in total. The number of nitrogens with one attached hydrogen (secondary N) is 1. The van der Waals surface area contributed by atoms with Crippen LogP contribution in [0.25, 0.3) is 0 Å². The van der Waals surface area contributed by atoms with E-state index in [-0.39, 0.29) is 17.9 Å². The van der Waals surface area contributed by atoms with E-state index in [1.165, 1.54) is 11.3 Å². The van der Waals surface area contributed by atoms with Gasteiger partial charge < -0.3 is 14.6 Å². The molecule has 0 spiro atoms. The monoisotopic (exact) mass is 358 g/mol. The number of thiophene rings is 1. The van der Waals surface area contributed by atoms with E-state index >= 15 is 0 Å². The molecule has 1 aliphatic heterocycles. The van der Waals surface area contributed by atoms with Gasteiger partial charge in [-0.05, 0) is 49.9 Å². The fourth-order valence-electron chi connectivity index (χ4n) is 3.33. The lowest BCUT2D eigenvalue weighted by Crippen LogP contribution is -2.30. The maximum Gasteiger partial charge on any atom is 0.261 e. The minimum atomic E-state index is 0.0208. The zero-order valence-electron chi connectivity index (χ0n) is 14.1. The van der Waals surface area contributed by atoms with Crippen molar-refractivity contribution in [2.75, 3.05) is 6.54 Å². The number of likely N-dealkylation sites (tertiary alicyclic amines) is 1. The first-order valence-corrected chi connectivity index (χ1v) is 9.75. The Hall–Kier alpha value is -2.08. The van der Waals surface area contributed by atoms with Crippen molar-refractivity contribution in [3.8, 4) is 0 Å². The molecule has 6 heteroatoms. The third kappa shape index (κ3) is 3.79. The molecular formula is C19H22N2O3S. The second kappa shape index (κ2) is 7.04. The maximum atomic E-state index is 12.6. The third-order valence-electron chi connectivity index (χ3n) is 4.83. The van der Waals surface area contributed by atoms with Gasteiger partial charge in [0.15, 0.2) is 0 Å². The van der Waals surface area contributed by atoms with E-state index < -0.39 is 0 Å². The zero-order chi connectivity index (χ0) is 17.2. The quantitative estimate of drug-likeness (QED) is 0.859. The lowest BCUT2D eigenvalue weighted by molar-refractivity contribution is -0.132. The Morgan fingerprint density at radius 2 is 2.12 bits per heavy atom. The predicted octanol–water partition coefficient (Wildman–Crippen LogP) is 3.53. The minimum absolute atomic E-state index is 0.0208. The fourth-order valence-corrected chi connectivity index (χ4v) is 4.39. The van der Waals surface area contributed by atoms with Gasteiger partial charge in [-0.15, -0.1) is 11.3 Å². The molecule has 3 heterocycles. The van der Waals surface area contributed by atoms with E-state index in [2.05, 4.69) is 5.32 Å². The predicted molar refractivity (Wildman–Crippen MR) is 95.5 cm³/mol. The smallest absolute Gasteiger partial charge is 0.261 e. The number of hydrogen-bond donors (Lipinski definition) is 1. The number of rotatable bonds is 6. The summed E-state index contributed by atoms with van der Waals surface area (Å²) >= 11 is 1.52. The van der Waals surface area contributed by atoms with Crippen molar-refractivity contribution in [1.82, 2.24) is 10.2 Å². The summed E-state index contributed by atoms with van der Waals surface area (Å²) < 4.78 is 5.31. The van der Waals surface area contributed by atoms with E-state index in [1.54, 1.807) is 6.26 Å². The van der Waals surface area contributed by atoms with Crippen LogP contribution in [0, 0.1) is 0 Å². The highest BCUT2D eigenvalue weighted by Crippen LogP contribution is 2.36. The lowest BCUT2D eigenvalue weighted by Gasteiger charge is -2.23. The zero-order valence-corrected chi connectivity index (χ0v) is 14.9. The number of aryl methyl sites for hydroxylation is 1. The van der Waals surface area contributed by atoms with Gasteiger partial charge >= 0.3 is 0 Å². The van der Waals surface area contributed by atoms with Crippen molar-refractivity contribution >= 4 is 23.2 Å². The van der Waals surface area contributed by atoms with E-state index in [0.717, 1.165) is 47.7 Å². The van der Waals surface area contributed by atoms with Crippen molar-refractivity contribution in [1.29, 1.82) is 0 Å². The van der Waals surface area contributed by atoms with E-state index in [0.29, 0.717) is 18.9 Å². The van der Waals surface area contributed by atoms with Crippen molar-refractivity contribution in [3.63, 3.8) is 0 Å².